The largest absolute Gasteiger partial charge is 0.478 e. The van der Waals surface area contributed by atoms with Crippen LogP contribution in [0.15, 0.2) is 36.7 Å². The molecule has 96 valence electrons. The Morgan fingerprint density at radius 1 is 1.00 bits per heavy atom. The van der Waals surface area contributed by atoms with E-state index >= 15 is 0 Å². The molecular formula is C13H8FNO4. The van der Waals surface area contributed by atoms with Crippen molar-refractivity contribution in [1.82, 2.24) is 4.98 Å². The number of pyridine rings is 1. The summed E-state index contributed by atoms with van der Waals surface area (Å²) in [5.74, 6) is -3.03. The first-order valence-electron chi connectivity index (χ1n) is 5.20. The minimum atomic E-state index is -1.19. The summed E-state index contributed by atoms with van der Waals surface area (Å²) in [6.07, 6.45) is 2.40. The molecular weight excluding hydrogens is 253 g/mol. The van der Waals surface area contributed by atoms with Crippen LogP contribution in [0.5, 0.6) is 0 Å². The van der Waals surface area contributed by atoms with Crippen LogP contribution in [-0.4, -0.2) is 27.1 Å². The minimum absolute atomic E-state index is 0.00417. The van der Waals surface area contributed by atoms with Crippen LogP contribution in [0.4, 0.5) is 4.39 Å². The summed E-state index contributed by atoms with van der Waals surface area (Å²) in [6.45, 7) is 0. The number of aromatic nitrogens is 1. The van der Waals surface area contributed by atoms with Gasteiger partial charge in [-0.25, -0.2) is 14.0 Å². The highest BCUT2D eigenvalue weighted by Crippen LogP contribution is 2.24. The van der Waals surface area contributed by atoms with Crippen molar-refractivity contribution in [3.8, 4) is 11.1 Å². The fourth-order valence-corrected chi connectivity index (χ4v) is 1.58. The first kappa shape index (κ1) is 12.7. The van der Waals surface area contributed by atoms with Gasteiger partial charge in [-0.1, -0.05) is 0 Å². The van der Waals surface area contributed by atoms with Gasteiger partial charge in [-0.2, -0.15) is 0 Å². The van der Waals surface area contributed by atoms with Gasteiger partial charge in [0.1, 0.15) is 5.82 Å². The molecule has 2 N–H and O–H groups in total. The maximum absolute atomic E-state index is 13.7. The predicted molar refractivity (Wildman–Crippen MR) is 63.5 cm³/mol. The van der Waals surface area contributed by atoms with Crippen molar-refractivity contribution in [3.63, 3.8) is 0 Å². The molecule has 1 aromatic heterocycles. The van der Waals surface area contributed by atoms with Gasteiger partial charge in [-0.15, -0.1) is 0 Å². The average molecular weight is 261 g/mol. The second-order valence-corrected chi connectivity index (χ2v) is 3.77. The maximum atomic E-state index is 13.7. The van der Waals surface area contributed by atoms with Crippen molar-refractivity contribution in [2.24, 2.45) is 0 Å². The highest BCUT2D eigenvalue weighted by Gasteiger charge is 2.12. The molecule has 2 rings (SSSR count). The molecule has 0 saturated heterocycles. The molecule has 2 aromatic rings. The van der Waals surface area contributed by atoms with Gasteiger partial charge < -0.3 is 10.2 Å². The van der Waals surface area contributed by atoms with Crippen LogP contribution in [0.2, 0.25) is 0 Å². The number of nitrogens with zero attached hydrogens (tertiary/aromatic N) is 1. The van der Waals surface area contributed by atoms with E-state index in [-0.39, 0.29) is 22.3 Å². The topological polar surface area (TPSA) is 87.5 Å². The van der Waals surface area contributed by atoms with Crippen LogP contribution >= 0.6 is 0 Å². The number of carboxylic acids is 2. The number of benzene rings is 1. The molecule has 0 aliphatic heterocycles. The quantitative estimate of drug-likeness (QED) is 0.884. The van der Waals surface area contributed by atoms with Crippen molar-refractivity contribution >= 4 is 11.9 Å². The zero-order chi connectivity index (χ0) is 14.0. The summed E-state index contributed by atoms with van der Waals surface area (Å²) in [5.41, 5.74) is 0.0192. The van der Waals surface area contributed by atoms with E-state index in [2.05, 4.69) is 4.98 Å². The van der Waals surface area contributed by atoms with Crippen molar-refractivity contribution in [2.75, 3.05) is 0 Å². The molecule has 0 radical (unpaired) electrons. The summed E-state index contributed by atoms with van der Waals surface area (Å²) in [4.78, 5) is 25.4. The van der Waals surface area contributed by atoms with Gasteiger partial charge in [-0.3, -0.25) is 4.98 Å². The zero-order valence-electron chi connectivity index (χ0n) is 9.50. The minimum Gasteiger partial charge on any atom is -0.478 e. The Bertz CT molecular complexity index is 669. The maximum Gasteiger partial charge on any atom is 0.337 e. The molecule has 0 spiro atoms. The number of hydrogen-bond acceptors (Lipinski definition) is 3. The first-order valence-corrected chi connectivity index (χ1v) is 5.20. The van der Waals surface area contributed by atoms with Crippen molar-refractivity contribution in [2.45, 2.75) is 0 Å². The van der Waals surface area contributed by atoms with Gasteiger partial charge in [0.05, 0.1) is 11.1 Å². The number of halogens is 1. The highest BCUT2D eigenvalue weighted by atomic mass is 19.1. The lowest BCUT2D eigenvalue weighted by Crippen LogP contribution is -2.00. The third kappa shape index (κ3) is 2.57. The molecule has 19 heavy (non-hydrogen) atoms. The number of carboxylic acid groups (broad SMARTS) is 2. The monoisotopic (exact) mass is 261 g/mol. The lowest BCUT2D eigenvalue weighted by Gasteiger charge is -2.05. The molecule has 6 heteroatoms. The molecule has 0 unspecified atom stereocenters. The van der Waals surface area contributed by atoms with E-state index in [4.69, 9.17) is 10.2 Å². The molecule has 5 nitrogen and oxygen atoms in total. The van der Waals surface area contributed by atoms with E-state index in [1.54, 1.807) is 0 Å². The van der Waals surface area contributed by atoms with E-state index in [0.717, 1.165) is 24.4 Å². The zero-order valence-corrected chi connectivity index (χ0v) is 9.50. The van der Waals surface area contributed by atoms with Gasteiger partial charge in [-0.05, 0) is 24.3 Å². The summed E-state index contributed by atoms with van der Waals surface area (Å²) in [5, 5.41) is 17.7. The molecule has 1 aromatic carbocycles. The van der Waals surface area contributed by atoms with E-state index in [9.17, 15) is 14.0 Å². The van der Waals surface area contributed by atoms with Crippen LogP contribution in [0.25, 0.3) is 11.1 Å². The highest BCUT2D eigenvalue weighted by molar-refractivity contribution is 5.91. The lowest BCUT2D eigenvalue weighted by molar-refractivity contribution is 0.0685. The lowest BCUT2D eigenvalue weighted by atomic mass is 10.0. The van der Waals surface area contributed by atoms with Crippen LogP contribution < -0.4 is 0 Å². The third-order valence-electron chi connectivity index (χ3n) is 2.51. The molecule has 1 heterocycles. The van der Waals surface area contributed by atoms with E-state index in [0.29, 0.717) is 0 Å². The molecule has 0 aliphatic rings. The van der Waals surface area contributed by atoms with Crippen LogP contribution in [0.3, 0.4) is 0 Å². The Hall–Kier alpha value is -2.76. The van der Waals surface area contributed by atoms with Gasteiger partial charge in [0.2, 0.25) is 0 Å². The number of hydrogen-bond donors (Lipinski definition) is 2. The molecule has 0 fully saturated rings. The fourth-order valence-electron chi connectivity index (χ4n) is 1.58. The summed E-state index contributed by atoms with van der Waals surface area (Å²) < 4.78 is 13.7. The van der Waals surface area contributed by atoms with Crippen molar-refractivity contribution < 1.29 is 24.2 Å². The molecule has 0 bridgehead atoms. The summed E-state index contributed by atoms with van der Waals surface area (Å²) in [7, 11) is 0. The number of rotatable bonds is 3. The Morgan fingerprint density at radius 3 is 2.32 bits per heavy atom. The molecule has 0 saturated carbocycles. The van der Waals surface area contributed by atoms with Gasteiger partial charge >= 0.3 is 11.9 Å². The summed E-state index contributed by atoms with van der Waals surface area (Å²) >= 11 is 0. The Labute approximate surface area is 107 Å². The average Bonchev–Trinajstić information content (AvgIpc) is 2.39. The Morgan fingerprint density at radius 2 is 1.68 bits per heavy atom. The van der Waals surface area contributed by atoms with Gasteiger partial charge in [0.15, 0.2) is 0 Å². The van der Waals surface area contributed by atoms with Gasteiger partial charge in [0.25, 0.3) is 0 Å². The first-order chi connectivity index (χ1) is 8.99. The molecule has 0 amide bonds. The van der Waals surface area contributed by atoms with E-state index in [1.165, 1.54) is 12.3 Å². The van der Waals surface area contributed by atoms with Crippen LogP contribution in [0.1, 0.15) is 20.7 Å². The number of carbonyl (C=O) groups is 2. The molecule has 0 aliphatic carbocycles. The standard InChI is InChI=1S/C13H8FNO4/c14-11-2-1-7(12(16)17)4-10(11)8-3-9(13(18)19)6-15-5-8/h1-6H,(H,16,17)(H,18,19). The van der Waals surface area contributed by atoms with Crippen molar-refractivity contribution in [3.05, 3.63) is 53.6 Å². The second-order valence-electron chi connectivity index (χ2n) is 3.77. The second kappa shape index (κ2) is 4.85. The fraction of sp³-hybridized carbons (Fsp3) is 0. The van der Waals surface area contributed by atoms with Crippen LogP contribution in [0, 0.1) is 5.82 Å². The van der Waals surface area contributed by atoms with Crippen molar-refractivity contribution in [1.29, 1.82) is 0 Å². The number of aromatic carboxylic acids is 2. The molecule has 0 atom stereocenters. The Balaban J connectivity index is 2.57. The summed E-state index contributed by atoms with van der Waals surface area (Å²) in [6, 6.07) is 4.53. The van der Waals surface area contributed by atoms with Crippen LogP contribution in [-0.2, 0) is 0 Å². The Kier molecular flexibility index (Phi) is 3.24. The van der Waals surface area contributed by atoms with Gasteiger partial charge in [0, 0.05) is 23.5 Å². The normalized spacial score (nSPS) is 10.2. The van der Waals surface area contributed by atoms with E-state index in [1.807, 2.05) is 0 Å². The predicted octanol–water partition coefficient (Wildman–Crippen LogP) is 2.28. The SMILES string of the molecule is O=C(O)c1cncc(-c2cc(C(=O)O)ccc2F)c1. The smallest absolute Gasteiger partial charge is 0.337 e. The third-order valence-corrected chi connectivity index (χ3v) is 2.51. The van der Waals surface area contributed by atoms with E-state index < -0.39 is 17.8 Å².